The Bertz CT molecular complexity index is 888. The first-order chi connectivity index (χ1) is 13.2. The predicted octanol–water partition coefficient (Wildman–Crippen LogP) is 3.31. The van der Waals surface area contributed by atoms with Gasteiger partial charge in [0.2, 0.25) is 5.01 Å². The molecule has 0 aliphatic rings. The number of benzene rings is 1. The van der Waals surface area contributed by atoms with Gasteiger partial charge in [-0.3, -0.25) is 9.59 Å². The molecule has 0 saturated heterocycles. The number of aromatic nitrogens is 2. The summed E-state index contributed by atoms with van der Waals surface area (Å²) in [5.41, 5.74) is 1.12. The lowest BCUT2D eigenvalue weighted by molar-refractivity contribution is 0.0953. The first kappa shape index (κ1) is 18.8. The zero-order valence-corrected chi connectivity index (χ0v) is 15.7. The van der Waals surface area contributed by atoms with E-state index in [9.17, 15) is 9.59 Å². The van der Waals surface area contributed by atoms with Gasteiger partial charge in [-0.2, -0.15) is 0 Å². The van der Waals surface area contributed by atoms with Crippen LogP contribution >= 0.6 is 11.3 Å². The van der Waals surface area contributed by atoms with Crippen LogP contribution in [0.4, 0.5) is 5.69 Å². The fraction of sp³-hybridized carbons (Fsp3) is 0.263. The lowest BCUT2D eigenvalue weighted by Crippen LogP contribution is -2.25. The number of amides is 2. The van der Waals surface area contributed by atoms with Crippen LogP contribution in [-0.4, -0.2) is 28.6 Å². The van der Waals surface area contributed by atoms with Crippen LogP contribution in [0.3, 0.4) is 0 Å². The Labute approximate surface area is 160 Å². The van der Waals surface area contributed by atoms with Crippen molar-refractivity contribution in [1.82, 2.24) is 15.5 Å². The van der Waals surface area contributed by atoms with Gasteiger partial charge in [-0.15, -0.1) is 10.2 Å². The SMILES string of the molecule is CCCc1nnc(C(=O)Nc2ccc(C(=O)NCCc3ccco3)cc2)s1. The summed E-state index contributed by atoms with van der Waals surface area (Å²) in [5.74, 6) is 0.352. The number of anilines is 1. The summed E-state index contributed by atoms with van der Waals surface area (Å²) in [7, 11) is 0. The molecule has 0 saturated carbocycles. The van der Waals surface area contributed by atoms with Gasteiger partial charge in [0.1, 0.15) is 10.8 Å². The van der Waals surface area contributed by atoms with E-state index >= 15 is 0 Å². The van der Waals surface area contributed by atoms with E-state index in [2.05, 4.69) is 27.8 Å². The second kappa shape index (κ2) is 9.09. The number of nitrogens with zero attached hydrogens (tertiary/aromatic N) is 2. The van der Waals surface area contributed by atoms with E-state index in [1.807, 2.05) is 12.1 Å². The van der Waals surface area contributed by atoms with E-state index in [1.165, 1.54) is 11.3 Å². The van der Waals surface area contributed by atoms with Gasteiger partial charge in [-0.05, 0) is 42.8 Å². The van der Waals surface area contributed by atoms with Gasteiger partial charge < -0.3 is 15.1 Å². The molecule has 2 aromatic heterocycles. The van der Waals surface area contributed by atoms with E-state index in [0.717, 1.165) is 23.6 Å². The molecule has 2 heterocycles. The number of rotatable bonds is 8. The summed E-state index contributed by atoms with van der Waals surface area (Å²) >= 11 is 1.29. The third kappa shape index (κ3) is 5.24. The van der Waals surface area contributed by atoms with Crippen molar-refractivity contribution in [1.29, 1.82) is 0 Å². The molecule has 7 nitrogen and oxygen atoms in total. The van der Waals surface area contributed by atoms with Gasteiger partial charge in [0.15, 0.2) is 0 Å². The molecule has 2 amide bonds. The summed E-state index contributed by atoms with van der Waals surface area (Å²) in [4.78, 5) is 24.4. The van der Waals surface area contributed by atoms with E-state index in [0.29, 0.717) is 29.2 Å². The van der Waals surface area contributed by atoms with Gasteiger partial charge in [0.05, 0.1) is 6.26 Å². The summed E-state index contributed by atoms with van der Waals surface area (Å²) in [5, 5.41) is 14.7. The normalized spacial score (nSPS) is 10.6. The average Bonchev–Trinajstić information content (AvgIpc) is 3.35. The number of furan rings is 1. The van der Waals surface area contributed by atoms with Gasteiger partial charge in [0.25, 0.3) is 11.8 Å². The maximum atomic E-state index is 12.2. The third-order valence-corrected chi connectivity index (χ3v) is 4.75. The molecular formula is C19H20N4O3S. The molecule has 0 radical (unpaired) electrons. The molecule has 8 heteroatoms. The molecule has 3 rings (SSSR count). The van der Waals surface area contributed by atoms with Crippen LogP contribution < -0.4 is 10.6 Å². The van der Waals surface area contributed by atoms with E-state index in [1.54, 1.807) is 30.5 Å². The van der Waals surface area contributed by atoms with Gasteiger partial charge in [-0.25, -0.2) is 0 Å². The topological polar surface area (TPSA) is 97.1 Å². The van der Waals surface area contributed by atoms with E-state index in [4.69, 9.17) is 4.42 Å². The quantitative estimate of drug-likeness (QED) is 0.621. The number of hydrogen-bond acceptors (Lipinski definition) is 6. The Morgan fingerprint density at radius 2 is 1.89 bits per heavy atom. The highest BCUT2D eigenvalue weighted by atomic mass is 32.1. The summed E-state index contributed by atoms with van der Waals surface area (Å²) in [6, 6.07) is 10.4. The molecule has 2 N–H and O–H groups in total. The molecule has 1 aromatic carbocycles. The van der Waals surface area contributed by atoms with Crippen LogP contribution in [0.5, 0.6) is 0 Å². The molecule has 140 valence electrons. The van der Waals surface area contributed by atoms with Crippen LogP contribution in [0.1, 0.15) is 44.3 Å². The first-order valence-electron chi connectivity index (χ1n) is 8.70. The zero-order valence-electron chi connectivity index (χ0n) is 14.9. The number of nitrogens with one attached hydrogen (secondary N) is 2. The van der Waals surface area contributed by atoms with Crippen LogP contribution in [0.25, 0.3) is 0 Å². The Hall–Kier alpha value is -3.00. The number of carbonyl (C=O) groups is 2. The highest BCUT2D eigenvalue weighted by molar-refractivity contribution is 7.13. The minimum Gasteiger partial charge on any atom is -0.469 e. The van der Waals surface area contributed by atoms with E-state index < -0.39 is 0 Å². The molecule has 27 heavy (non-hydrogen) atoms. The number of aryl methyl sites for hydroxylation is 1. The minimum absolute atomic E-state index is 0.173. The van der Waals surface area contributed by atoms with Crippen molar-refractivity contribution in [3.8, 4) is 0 Å². The monoisotopic (exact) mass is 384 g/mol. The largest absolute Gasteiger partial charge is 0.469 e. The van der Waals surface area contributed by atoms with Gasteiger partial charge in [0, 0.05) is 30.6 Å². The highest BCUT2D eigenvalue weighted by Gasteiger charge is 2.13. The van der Waals surface area contributed by atoms with Crippen LogP contribution in [-0.2, 0) is 12.8 Å². The maximum Gasteiger partial charge on any atom is 0.286 e. The molecule has 3 aromatic rings. The molecular weight excluding hydrogens is 364 g/mol. The number of carbonyl (C=O) groups excluding carboxylic acids is 2. The Kier molecular flexibility index (Phi) is 6.32. The summed E-state index contributed by atoms with van der Waals surface area (Å²) < 4.78 is 5.22. The van der Waals surface area contributed by atoms with Crippen LogP contribution in [0.15, 0.2) is 47.1 Å². The van der Waals surface area contributed by atoms with Crippen molar-refractivity contribution in [2.24, 2.45) is 0 Å². The fourth-order valence-electron chi connectivity index (χ4n) is 2.41. The standard InChI is InChI=1S/C19H20N4O3S/c1-2-4-16-22-23-19(27-16)18(25)21-14-8-6-13(7-9-14)17(24)20-11-10-15-5-3-12-26-15/h3,5-9,12H,2,4,10-11H2,1H3,(H,20,24)(H,21,25). The fourth-order valence-corrected chi connectivity index (χ4v) is 3.24. The van der Waals surface area contributed by atoms with Crippen molar-refractivity contribution >= 4 is 28.8 Å². The molecule has 0 aliphatic heterocycles. The lowest BCUT2D eigenvalue weighted by Gasteiger charge is -2.06. The molecule has 0 atom stereocenters. The second-order valence-corrected chi connectivity index (χ2v) is 6.93. The lowest BCUT2D eigenvalue weighted by atomic mass is 10.2. The minimum atomic E-state index is -0.300. The van der Waals surface area contributed by atoms with Gasteiger partial charge >= 0.3 is 0 Å². The van der Waals surface area contributed by atoms with Crippen molar-refractivity contribution < 1.29 is 14.0 Å². The predicted molar refractivity (Wildman–Crippen MR) is 103 cm³/mol. The Balaban J connectivity index is 1.51. The average molecular weight is 384 g/mol. The van der Waals surface area contributed by atoms with E-state index in [-0.39, 0.29) is 11.8 Å². The van der Waals surface area contributed by atoms with Crippen molar-refractivity contribution in [3.63, 3.8) is 0 Å². The Morgan fingerprint density at radius 3 is 2.59 bits per heavy atom. The highest BCUT2D eigenvalue weighted by Crippen LogP contribution is 2.15. The molecule has 0 fully saturated rings. The second-order valence-electron chi connectivity index (χ2n) is 5.87. The van der Waals surface area contributed by atoms with Crippen molar-refractivity contribution in [2.75, 3.05) is 11.9 Å². The van der Waals surface area contributed by atoms with Gasteiger partial charge in [-0.1, -0.05) is 18.3 Å². The first-order valence-corrected chi connectivity index (χ1v) is 9.51. The molecule has 0 spiro atoms. The summed E-state index contributed by atoms with van der Waals surface area (Å²) in [6.45, 7) is 2.54. The number of hydrogen-bond donors (Lipinski definition) is 2. The van der Waals surface area contributed by atoms with Crippen molar-refractivity contribution in [3.05, 3.63) is 64.0 Å². The van der Waals surface area contributed by atoms with Crippen LogP contribution in [0, 0.1) is 0 Å². The van der Waals surface area contributed by atoms with Crippen LogP contribution in [0.2, 0.25) is 0 Å². The maximum absolute atomic E-state index is 12.2. The third-order valence-electron chi connectivity index (χ3n) is 3.77. The van der Waals surface area contributed by atoms with Crippen molar-refractivity contribution in [2.45, 2.75) is 26.2 Å². The smallest absolute Gasteiger partial charge is 0.286 e. The molecule has 0 unspecified atom stereocenters. The summed E-state index contributed by atoms with van der Waals surface area (Å²) in [6.07, 6.45) is 4.02. The zero-order chi connectivity index (χ0) is 19.1. The molecule has 0 bridgehead atoms. The Morgan fingerprint density at radius 1 is 1.07 bits per heavy atom. The molecule has 0 aliphatic carbocycles.